The number of hydrogen-bond donors (Lipinski definition) is 1. The normalized spacial score (nSPS) is 10.6. The Balaban J connectivity index is 2.02. The summed E-state index contributed by atoms with van der Waals surface area (Å²) in [6.07, 6.45) is 3.23. The number of H-pyrrole nitrogens is 1. The Morgan fingerprint density at radius 1 is 1.26 bits per heavy atom. The molecule has 0 unspecified atom stereocenters. The molecule has 19 heavy (non-hydrogen) atoms. The Labute approximate surface area is 111 Å². The van der Waals surface area contributed by atoms with E-state index >= 15 is 0 Å². The summed E-state index contributed by atoms with van der Waals surface area (Å²) < 4.78 is 4.99. The molecular weight excluding hydrogens is 242 g/mol. The number of esters is 1. The highest BCUT2D eigenvalue weighted by Crippen LogP contribution is 2.19. The number of Topliss-reactive ketones (excluding diaryl/α,β-unsaturated/α-hetero) is 1. The molecule has 0 bridgehead atoms. The molecular formula is C15H17NO3. The minimum absolute atomic E-state index is 0.203. The van der Waals surface area contributed by atoms with E-state index in [1.54, 1.807) is 6.20 Å². The van der Waals surface area contributed by atoms with Crippen molar-refractivity contribution >= 4 is 22.7 Å². The SMILES string of the molecule is CCCCOC(=O)CC(=O)c1c[nH]c2ccccc12. The molecule has 0 aliphatic carbocycles. The summed E-state index contributed by atoms with van der Waals surface area (Å²) in [7, 11) is 0. The first kappa shape index (κ1) is 13.3. The standard InChI is InChI=1S/C15H17NO3/c1-2-3-8-19-15(18)9-14(17)12-10-16-13-7-5-4-6-11(12)13/h4-7,10,16H,2-3,8-9H2,1H3. The van der Waals surface area contributed by atoms with Crippen LogP contribution in [-0.2, 0) is 9.53 Å². The highest BCUT2D eigenvalue weighted by atomic mass is 16.5. The van der Waals surface area contributed by atoms with Crippen molar-refractivity contribution in [3.8, 4) is 0 Å². The van der Waals surface area contributed by atoms with Crippen molar-refractivity contribution in [1.82, 2.24) is 4.98 Å². The third-order valence-corrected chi connectivity index (χ3v) is 2.96. The molecule has 4 heteroatoms. The van der Waals surface area contributed by atoms with Gasteiger partial charge in [-0.25, -0.2) is 0 Å². The molecule has 0 amide bonds. The Morgan fingerprint density at radius 3 is 2.84 bits per heavy atom. The molecule has 0 aliphatic rings. The first-order valence-corrected chi connectivity index (χ1v) is 6.47. The van der Waals surface area contributed by atoms with Crippen LogP contribution in [0, 0.1) is 0 Å². The van der Waals surface area contributed by atoms with Crippen LogP contribution in [0.25, 0.3) is 10.9 Å². The van der Waals surface area contributed by atoms with E-state index < -0.39 is 5.97 Å². The number of rotatable bonds is 6. The quantitative estimate of drug-likeness (QED) is 0.375. The molecule has 0 radical (unpaired) electrons. The van der Waals surface area contributed by atoms with Gasteiger partial charge in [0, 0.05) is 22.7 Å². The lowest BCUT2D eigenvalue weighted by Gasteiger charge is -2.02. The molecule has 1 aromatic heterocycles. The highest BCUT2D eigenvalue weighted by Gasteiger charge is 2.16. The number of carbonyl (C=O) groups is 2. The number of aromatic amines is 1. The Kier molecular flexibility index (Phi) is 4.34. The number of aromatic nitrogens is 1. The third-order valence-electron chi connectivity index (χ3n) is 2.96. The van der Waals surface area contributed by atoms with Crippen molar-refractivity contribution in [2.45, 2.75) is 26.2 Å². The number of unbranched alkanes of at least 4 members (excludes halogenated alkanes) is 1. The number of fused-ring (bicyclic) bond motifs is 1. The van der Waals surface area contributed by atoms with Crippen LogP contribution in [0.15, 0.2) is 30.5 Å². The maximum absolute atomic E-state index is 12.0. The molecule has 1 aromatic carbocycles. The minimum atomic E-state index is -0.455. The van der Waals surface area contributed by atoms with Gasteiger partial charge in [-0.2, -0.15) is 0 Å². The number of benzene rings is 1. The van der Waals surface area contributed by atoms with E-state index in [1.165, 1.54) is 0 Å². The van der Waals surface area contributed by atoms with Gasteiger partial charge in [0.1, 0.15) is 6.42 Å². The molecule has 0 saturated carbocycles. The van der Waals surface area contributed by atoms with Crippen molar-refractivity contribution in [3.05, 3.63) is 36.0 Å². The zero-order chi connectivity index (χ0) is 13.7. The summed E-state index contributed by atoms with van der Waals surface area (Å²) in [6, 6.07) is 7.52. The van der Waals surface area contributed by atoms with Crippen LogP contribution in [0.1, 0.15) is 36.5 Å². The lowest BCUT2D eigenvalue weighted by Crippen LogP contribution is -2.12. The first-order valence-electron chi connectivity index (χ1n) is 6.47. The second kappa shape index (κ2) is 6.18. The van der Waals surface area contributed by atoms with Crippen molar-refractivity contribution in [1.29, 1.82) is 0 Å². The van der Waals surface area contributed by atoms with Crippen molar-refractivity contribution in [2.24, 2.45) is 0 Å². The average Bonchev–Trinajstić information content (AvgIpc) is 2.83. The highest BCUT2D eigenvalue weighted by molar-refractivity contribution is 6.13. The van der Waals surface area contributed by atoms with Crippen LogP contribution in [-0.4, -0.2) is 23.3 Å². The predicted octanol–water partition coefficient (Wildman–Crippen LogP) is 3.08. The first-order chi connectivity index (χ1) is 9.22. The van der Waals surface area contributed by atoms with Crippen LogP contribution in [0.5, 0.6) is 0 Å². The molecule has 0 aliphatic heterocycles. The molecule has 0 atom stereocenters. The molecule has 0 spiro atoms. The van der Waals surface area contributed by atoms with Crippen LogP contribution < -0.4 is 0 Å². The Hall–Kier alpha value is -2.10. The van der Waals surface area contributed by atoms with Crippen LogP contribution in [0.2, 0.25) is 0 Å². The summed E-state index contributed by atoms with van der Waals surface area (Å²) in [6.45, 7) is 2.40. The lowest BCUT2D eigenvalue weighted by molar-refractivity contribution is -0.142. The molecule has 100 valence electrons. The van der Waals surface area contributed by atoms with Gasteiger partial charge in [-0.3, -0.25) is 9.59 Å². The van der Waals surface area contributed by atoms with Gasteiger partial charge >= 0.3 is 5.97 Å². The van der Waals surface area contributed by atoms with Crippen molar-refractivity contribution < 1.29 is 14.3 Å². The summed E-state index contributed by atoms with van der Waals surface area (Å²) in [5, 5.41) is 0.842. The van der Waals surface area contributed by atoms with Crippen LogP contribution >= 0.6 is 0 Å². The summed E-state index contributed by atoms with van der Waals surface area (Å²) in [4.78, 5) is 26.6. The molecule has 2 rings (SSSR count). The van der Waals surface area contributed by atoms with Crippen LogP contribution in [0.4, 0.5) is 0 Å². The van der Waals surface area contributed by atoms with Crippen molar-refractivity contribution in [3.63, 3.8) is 0 Å². The van der Waals surface area contributed by atoms with E-state index in [1.807, 2.05) is 31.2 Å². The van der Waals surface area contributed by atoms with Gasteiger partial charge < -0.3 is 9.72 Å². The average molecular weight is 259 g/mol. The maximum Gasteiger partial charge on any atom is 0.313 e. The van der Waals surface area contributed by atoms with E-state index in [9.17, 15) is 9.59 Å². The summed E-state index contributed by atoms with van der Waals surface area (Å²) in [5.41, 5.74) is 1.44. The number of para-hydroxylation sites is 1. The Bertz CT molecular complexity index is 586. The molecule has 4 nitrogen and oxygen atoms in total. The van der Waals surface area contributed by atoms with Crippen molar-refractivity contribution in [2.75, 3.05) is 6.61 Å². The number of nitrogens with one attached hydrogen (secondary N) is 1. The number of ketones is 1. The van der Waals surface area contributed by atoms with Gasteiger partial charge in [-0.1, -0.05) is 31.5 Å². The van der Waals surface area contributed by atoms with E-state index in [4.69, 9.17) is 4.74 Å². The van der Waals surface area contributed by atoms with Gasteiger partial charge in [0.2, 0.25) is 0 Å². The van der Waals surface area contributed by atoms with Crippen LogP contribution in [0.3, 0.4) is 0 Å². The maximum atomic E-state index is 12.0. The number of carbonyl (C=O) groups excluding carboxylic acids is 2. The molecule has 1 heterocycles. The van der Waals surface area contributed by atoms with E-state index in [2.05, 4.69) is 4.98 Å². The minimum Gasteiger partial charge on any atom is -0.465 e. The topological polar surface area (TPSA) is 59.2 Å². The zero-order valence-electron chi connectivity index (χ0n) is 10.9. The fourth-order valence-electron chi connectivity index (χ4n) is 1.91. The summed E-state index contributed by atoms with van der Waals surface area (Å²) in [5.74, 6) is -0.664. The molecule has 1 N–H and O–H groups in total. The number of ether oxygens (including phenoxy) is 1. The fourth-order valence-corrected chi connectivity index (χ4v) is 1.91. The predicted molar refractivity (Wildman–Crippen MR) is 73.1 cm³/mol. The third kappa shape index (κ3) is 3.22. The van der Waals surface area contributed by atoms with Gasteiger partial charge in [0.25, 0.3) is 0 Å². The fraction of sp³-hybridized carbons (Fsp3) is 0.333. The smallest absolute Gasteiger partial charge is 0.313 e. The molecule has 0 fully saturated rings. The van der Waals surface area contributed by atoms with E-state index in [0.29, 0.717) is 12.2 Å². The second-order valence-corrected chi connectivity index (χ2v) is 4.42. The Morgan fingerprint density at radius 2 is 2.05 bits per heavy atom. The largest absolute Gasteiger partial charge is 0.465 e. The number of hydrogen-bond acceptors (Lipinski definition) is 3. The van der Waals surface area contributed by atoms with Gasteiger partial charge in [-0.15, -0.1) is 0 Å². The van der Waals surface area contributed by atoms with Gasteiger partial charge in [0.15, 0.2) is 5.78 Å². The van der Waals surface area contributed by atoms with Gasteiger partial charge in [0.05, 0.1) is 6.61 Å². The van der Waals surface area contributed by atoms with E-state index in [0.717, 1.165) is 23.7 Å². The monoisotopic (exact) mass is 259 g/mol. The second-order valence-electron chi connectivity index (χ2n) is 4.42. The summed E-state index contributed by atoms with van der Waals surface area (Å²) >= 11 is 0. The lowest BCUT2D eigenvalue weighted by atomic mass is 10.1. The molecule has 0 saturated heterocycles. The van der Waals surface area contributed by atoms with Gasteiger partial charge in [-0.05, 0) is 12.5 Å². The molecule has 2 aromatic rings. The van der Waals surface area contributed by atoms with E-state index in [-0.39, 0.29) is 12.2 Å². The zero-order valence-corrected chi connectivity index (χ0v) is 10.9.